The van der Waals surface area contributed by atoms with Gasteiger partial charge in [-0.25, -0.2) is 4.98 Å². The largest absolute Gasteiger partial charge is 0.320 e. The summed E-state index contributed by atoms with van der Waals surface area (Å²) in [5.41, 5.74) is 2.22. The van der Waals surface area contributed by atoms with Crippen molar-refractivity contribution in [2.75, 3.05) is 5.32 Å². The van der Waals surface area contributed by atoms with Crippen LogP contribution in [0.15, 0.2) is 60.3 Å². The van der Waals surface area contributed by atoms with E-state index in [1.807, 2.05) is 30.3 Å². The normalized spacial score (nSPS) is 11.1. The zero-order chi connectivity index (χ0) is 16.9. The fourth-order valence-electron chi connectivity index (χ4n) is 2.09. The van der Waals surface area contributed by atoms with Gasteiger partial charge in [0.2, 0.25) is 0 Å². The number of para-hydroxylation sites is 3. The Morgan fingerprint density at radius 1 is 1.12 bits per heavy atom. The molecular formula is C18H11ClN4O. The minimum atomic E-state index is -0.555. The molecule has 0 spiro atoms. The molecule has 24 heavy (non-hydrogen) atoms. The predicted octanol–water partition coefficient (Wildman–Crippen LogP) is 3.83. The molecule has 0 aliphatic rings. The maximum Gasteiger partial charge on any atom is 0.266 e. The summed E-state index contributed by atoms with van der Waals surface area (Å²) in [4.78, 5) is 20.9. The van der Waals surface area contributed by atoms with Crippen molar-refractivity contribution in [2.45, 2.75) is 0 Å². The van der Waals surface area contributed by atoms with E-state index in [2.05, 4.69) is 15.3 Å². The fourth-order valence-corrected chi connectivity index (χ4v) is 2.27. The van der Waals surface area contributed by atoms with Crippen LogP contribution in [0.4, 0.5) is 5.69 Å². The first-order chi connectivity index (χ1) is 11.7. The van der Waals surface area contributed by atoms with E-state index < -0.39 is 5.91 Å². The Bertz CT molecular complexity index is 991. The Morgan fingerprint density at radius 3 is 2.58 bits per heavy atom. The molecule has 0 fully saturated rings. The highest BCUT2D eigenvalue weighted by Crippen LogP contribution is 2.21. The van der Waals surface area contributed by atoms with Crippen LogP contribution in [0.2, 0.25) is 5.02 Å². The molecule has 3 aromatic rings. The molecule has 1 heterocycles. The number of carbonyl (C=O) groups is 1. The van der Waals surface area contributed by atoms with E-state index >= 15 is 0 Å². The summed E-state index contributed by atoms with van der Waals surface area (Å²) < 4.78 is 0. The number of aromatic nitrogens is 2. The van der Waals surface area contributed by atoms with Crippen molar-refractivity contribution < 1.29 is 4.79 Å². The van der Waals surface area contributed by atoms with Crippen LogP contribution in [0.5, 0.6) is 0 Å². The quantitative estimate of drug-likeness (QED) is 0.583. The molecule has 1 amide bonds. The molecule has 0 atom stereocenters. The van der Waals surface area contributed by atoms with Crippen LogP contribution in [0.3, 0.4) is 0 Å². The number of halogens is 1. The van der Waals surface area contributed by atoms with E-state index in [0.717, 1.165) is 5.52 Å². The fraction of sp³-hybridized carbons (Fsp3) is 0. The molecule has 1 N–H and O–H groups in total. The van der Waals surface area contributed by atoms with Gasteiger partial charge in [-0.05, 0) is 30.3 Å². The Morgan fingerprint density at radius 2 is 1.83 bits per heavy atom. The second-order valence-corrected chi connectivity index (χ2v) is 5.29. The summed E-state index contributed by atoms with van der Waals surface area (Å²) in [5, 5.41) is 12.3. The average molecular weight is 335 g/mol. The second kappa shape index (κ2) is 6.90. The van der Waals surface area contributed by atoms with Gasteiger partial charge in [0.15, 0.2) is 0 Å². The number of rotatable bonds is 3. The SMILES string of the molecule is N#C/C(=C\c1cnc2ccccc2n1)C(=O)Nc1ccccc1Cl. The lowest BCUT2D eigenvalue weighted by molar-refractivity contribution is -0.112. The minimum Gasteiger partial charge on any atom is -0.320 e. The van der Waals surface area contributed by atoms with Gasteiger partial charge in [-0.15, -0.1) is 0 Å². The molecule has 2 aromatic carbocycles. The highest BCUT2D eigenvalue weighted by atomic mass is 35.5. The molecule has 0 unspecified atom stereocenters. The summed E-state index contributed by atoms with van der Waals surface area (Å²) in [6.45, 7) is 0. The third-order valence-corrected chi connectivity index (χ3v) is 3.58. The molecule has 3 rings (SSSR count). The summed E-state index contributed by atoms with van der Waals surface area (Å²) in [7, 11) is 0. The van der Waals surface area contributed by atoms with Gasteiger partial charge in [-0.3, -0.25) is 9.78 Å². The molecule has 6 heteroatoms. The number of nitrogens with one attached hydrogen (secondary N) is 1. The molecule has 0 aliphatic heterocycles. The first-order valence-corrected chi connectivity index (χ1v) is 7.44. The maximum absolute atomic E-state index is 12.3. The Balaban J connectivity index is 1.89. The van der Waals surface area contributed by atoms with Crippen LogP contribution in [-0.4, -0.2) is 15.9 Å². The minimum absolute atomic E-state index is 0.0838. The van der Waals surface area contributed by atoms with E-state index in [0.29, 0.717) is 21.9 Å². The van der Waals surface area contributed by atoms with Crippen LogP contribution in [-0.2, 0) is 4.79 Å². The average Bonchev–Trinajstić information content (AvgIpc) is 2.61. The van der Waals surface area contributed by atoms with E-state index in [-0.39, 0.29) is 5.57 Å². The van der Waals surface area contributed by atoms with Crippen molar-refractivity contribution in [1.29, 1.82) is 5.26 Å². The number of hydrogen-bond acceptors (Lipinski definition) is 4. The van der Waals surface area contributed by atoms with Crippen LogP contribution < -0.4 is 5.32 Å². The van der Waals surface area contributed by atoms with Crippen molar-refractivity contribution in [2.24, 2.45) is 0 Å². The van der Waals surface area contributed by atoms with E-state index in [1.165, 1.54) is 12.3 Å². The van der Waals surface area contributed by atoms with Crippen molar-refractivity contribution in [3.63, 3.8) is 0 Å². The summed E-state index contributed by atoms with van der Waals surface area (Å²) in [5.74, 6) is -0.555. The molecular weight excluding hydrogens is 324 g/mol. The monoisotopic (exact) mass is 334 g/mol. The van der Waals surface area contributed by atoms with E-state index in [1.54, 1.807) is 24.3 Å². The number of amides is 1. The van der Waals surface area contributed by atoms with Crippen molar-refractivity contribution >= 4 is 40.3 Å². The first kappa shape index (κ1) is 15.7. The van der Waals surface area contributed by atoms with Gasteiger partial charge in [-0.2, -0.15) is 5.26 Å². The zero-order valence-corrected chi connectivity index (χ0v) is 13.2. The third kappa shape index (κ3) is 3.40. The van der Waals surface area contributed by atoms with Crippen LogP contribution in [0.1, 0.15) is 5.69 Å². The zero-order valence-electron chi connectivity index (χ0n) is 12.4. The second-order valence-electron chi connectivity index (χ2n) is 4.89. The molecule has 0 saturated carbocycles. The highest BCUT2D eigenvalue weighted by molar-refractivity contribution is 6.34. The van der Waals surface area contributed by atoms with Gasteiger partial charge < -0.3 is 5.32 Å². The number of carbonyl (C=O) groups excluding carboxylic acids is 1. The van der Waals surface area contributed by atoms with Crippen molar-refractivity contribution in [1.82, 2.24) is 9.97 Å². The van der Waals surface area contributed by atoms with Crippen molar-refractivity contribution in [3.8, 4) is 6.07 Å². The summed E-state index contributed by atoms with van der Waals surface area (Å²) in [6.07, 6.45) is 2.91. The maximum atomic E-state index is 12.3. The lowest BCUT2D eigenvalue weighted by Crippen LogP contribution is -2.13. The Hall–Kier alpha value is -3.23. The van der Waals surface area contributed by atoms with Gasteiger partial charge in [0.05, 0.1) is 33.6 Å². The Labute approximate surface area is 143 Å². The molecule has 0 bridgehead atoms. The van der Waals surface area contributed by atoms with Gasteiger partial charge in [0.25, 0.3) is 5.91 Å². The topological polar surface area (TPSA) is 78.7 Å². The third-order valence-electron chi connectivity index (χ3n) is 3.25. The van der Waals surface area contributed by atoms with E-state index in [9.17, 15) is 10.1 Å². The Kier molecular flexibility index (Phi) is 4.50. The molecule has 0 aliphatic carbocycles. The van der Waals surface area contributed by atoms with Gasteiger partial charge >= 0.3 is 0 Å². The summed E-state index contributed by atoms with van der Waals surface area (Å²) in [6, 6.07) is 16.1. The van der Waals surface area contributed by atoms with Crippen molar-refractivity contribution in [3.05, 3.63) is 71.0 Å². The van der Waals surface area contributed by atoms with Gasteiger partial charge in [-0.1, -0.05) is 35.9 Å². The predicted molar refractivity (Wildman–Crippen MR) is 93.2 cm³/mol. The lowest BCUT2D eigenvalue weighted by Gasteiger charge is -2.06. The standard InChI is InChI=1S/C18H11ClN4O/c19-14-5-1-2-6-15(14)23-18(24)12(10-20)9-13-11-21-16-7-3-4-8-17(16)22-13/h1-9,11H,(H,23,24)/b12-9+. The number of benzene rings is 2. The molecule has 0 saturated heterocycles. The first-order valence-electron chi connectivity index (χ1n) is 7.07. The number of hydrogen-bond donors (Lipinski definition) is 1. The molecule has 116 valence electrons. The lowest BCUT2D eigenvalue weighted by atomic mass is 10.2. The van der Waals surface area contributed by atoms with Gasteiger partial charge in [0.1, 0.15) is 11.6 Å². The van der Waals surface area contributed by atoms with Crippen LogP contribution in [0, 0.1) is 11.3 Å². The number of nitriles is 1. The molecule has 0 radical (unpaired) electrons. The summed E-state index contributed by atoms with van der Waals surface area (Å²) >= 11 is 6.00. The molecule has 1 aromatic heterocycles. The molecule has 5 nitrogen and oxygen atoms in total. The number of anilines is 1. The number of nitrogens with zero attached hydrogens (tertiary/aromatic N) is 3. The van der Waals surface area contributed by atoms with Gasteiger partial charge in [0, 0.05) is 0 Å². The van der Waals surface area contributed by atoms with E-state index in [4.69, 9.17) is 11.6 Å². The van der Waals surface area contributed by atoms with Crippen LogP contribution in [0.25, 0.3) is 17.1 Å². The smallest absolute Gasteiger partial charge is 0.266 e. The van der Waals surface area contributed by atoms with Crippen LogP contribution >= 0.6 is 11.6 Å². The number of fused-ring (bicyclic) bond motifs is 1. The highest BCUT2D eigenvalue weighted by Gasteiger charge is 2.11.